The highest BCUT2D eigenvalue weighted by Gasteiger charge is 2.16. The van der Waals surface area contributed by atoms with Crippen molar-refractivity contribution >= 4 is 17.1 Å². The van der Waals surface area contributed by atoms with Gasteiger partial charge < -0.3 is 0 Å². The van der Waals surface area contributed by atoms with E-state index in [-0.39, 0.29) is 5.92 Å². The topological polar surface area (TPSA) is 41.1 Å². The summed E-state index contributed by atoms with van der Waals surface area (Å²) < 4.78 is 1.74. The fourth-order valence-electron chi connectivity index (χ4n) is 1.96. The van der Waals surface area contributed by atoms with Gasteiger partial charge in [0.05, 0.1) is 22.3 Å². The molecular formula is C12H12ClN3. The van der Waals surface area contributed by atoms with Crippen molar-refractivity contribution in [1.82, 2.24) is 9.61 Å². The second kappa shape index (κ2) is 3.80. The SMILES string of the molecule is Cc1c(Cl)cn2ncc(C#N)c(C(C)C)c12. The summed E-state index contributed by atoms with van der Waals surface area (Å²) in [6.45, 7) is 6.08. The van der Waals surface area contributed by atoms with E-state index >= 15 is 0 Å². The van der Waals surface area contributed by atoms with Gasteiger partial charge in [0.15, 0.2) is 0 Å². The normalized spacial score (nSPS) is 11.0. The van der Waals surface area contributed by atoms with E-state index in [0.29, 0.717) is 10.6 Å². The van der Waals surface area contributed by atoms with E-state index < -0.39 is 0 Å². The maximum absolute atomic E-state index is 9.09. The van der Waals surface area contributed by atoms with Gasteiger partial charge in [-0.05, 0) is 18.4 Å². The van der Waals surface area contributed by atoms with Crippen molar-refractivity contribution in [3.63, 3.8) is 0 Å². The lowest BCUT2D eigenvalue weighted by atomic mass is 9.97. The second-order valence-corrected chi connectivity index (χ2v) is 4.54. The molecule has 0 N–H and O–H groups in total. The first-order chi connectivity index (χ1) is 7.56. The number of aryl methyl sites for hydroxylation is 1. The van der Waals surface area contributed by atoms with Crippen LogP contribution in [0.5, 0.6) is 0 Å². The van der Waals surface area contributed by atoms with Crippen LogP contribution in [0.4, 0.5) is 0 Å². The molecule has 4 heteroatoms. The molecule has 0 aromatic carbocycles. The van der Waals surface area contributed by atoms with Crippen LogP contribution >= 0.6 is 11.6 Å². The lowest BCUT2D eigenvalue weighted by Crippen LogP contribution is -2.01. The summed E-state index contributed by atoms with van der Waals surface area (Å²) in [7, 11) is 0. The first-order valence-corrected chi connectivity index (χ1v) is 5.50. The molecule has 0 radical (unpaired) electrons. The molecule has 0 aliphatic carbocycles. The van der Waals surface area contributed by atoms with Crippen molar-refractivity contribution in [2.45, 2.75) is 26.7 Å². The molecule has 2 aromatic rings. The van der Waals surface area contributed by atoms with Gasteiger partial charge in [0, 0.05) is 11.8 Å². The van der Waals surface area contributed by atoms with Crippen molar-refractivity contribution in [2.24, 2.45) is 0 Å². The predicted molar refractivity (Wildman–Crippen MR) is 63.7 cm³/mol. The van der Waals surface area contributed by atoms with Gasteiger partial charge in [-0.15, -0.1) is 0 Å². The molecule has 0 aliphatic heterocycles. The molecule has 0 aliphatic rings. The van der Waals surface area contributed by atoms with Crippen molar-refractivity contribution in [1.29, 1.82) is 5.26 Å². The van der Waals surface area contributed by atoms with Crippen molar-refractivity contribution in [2.75, 3.05) is 0 Å². The van der Waals surface area contributed by atoms with Crippen LogP contribution < -0.4 is 0 Å². The number of fused-ring (bicyclic) bond motifs is 1. The third kappa shape index (κ3) is 1.46. The number of rotatable bonds is 1. The van der Waals surface area contributed by atoms with E-state index in [1.54, 1.807) is 16.9 Å². The summed E-state index contributed by atoms with van der Waals surface area (Å²) in [6, 6.07) is 2.19. The quantitative estimate of drug-likeness (QED) is 0.758. The van der Waals surface area contributed by atoms with E-state index in [9.17, 15) is 0 Å². The molecule has 0 fully saturated rings. The zero-order chi connectivity index (χ0) is 11.9. The average molecular weight is 234 g/mol. The average Bonchev–Trinajstić information content (AvgIpc) is 2.53. The van der Waals surface area contributed by atoms with Crippen LogP contribution in [0, 0.1) is 18.3 Å². The van der Waals surface area contributed by atoms with Crippen molar-refractivity contribution in [3.05, 3.63) is 34.1 Å². The van der Waals surface area contributed by atoms with Crippen LogP contribution in [0.1, 0.15) is 36.5 Å². The van der Waals surface area contributed by atoms with Gasteiger partial charge in [-0.25, -0.2) is 4.52 Å². The molecule has 82 valence electrons. The Labute approximate surface area is 99.3 Å². The molecule has 2 aromatic heterocycles. The molecular weight excluding hydrogens is 222 g/mol. The summed E-state index contributed by atoms with van der Waals surface area (Å²) in [5.74, 6) is 0.268. The van der Waals surface area contributed by atoms with Gasteiger partial charge in [0.25, 0.3) is 0 Å². The molecule has 0 saturated heterocycles. The number of nitrogens with zero attached hydrogens (tertiary/aromatic N) is 3. The van der Waals surface area contributed by atoms with E-state index in [0.717, 1.165) is 16.6 Å². The molecule has 0 bridgehead atoms. The van der Waals surface area contributed by atoms with Gasteiger partial charge >= 0.3 is 0 Å². The van der Waals surface area contributed by atoms with Gasteiger partial charge in [-0.2, -0.15) is 10.4 Å². The molecule has 3 nitrogen and oxygen atoms in total. The molecule has 0 amide bonds. The smallest absolute Gasteiger partial charge is 0.101 e. The molecule has 2 rings (SSSR count). The first-order valence-electron chi connectivity index (χ1n) is 5.12. The Morgan fingerprint density at radius 2 is 2.19 bits per heavy atom. The summed E-state index contributed by atoms with van der Waals surface area (Å²) >= 11 is 6.08. The fourth-order valence-corrected chi connectivity index (χ4v) is 2.14. The summed E-state index contributed by atoms with van der Waals surface area (Å²) in [5, 5.41) is 14.0. The molecule has 0 saturated carbocycles. The van der Waals surface area contributed by atoms with Crippen LogP contribution in [0.2, 0.25) is 5.02 Å². The van der Waals surface area contributed by atoms with Crippen LogP contribution in [-0.2, 0) is 0 Å². The van der Waals surface area contributed by atoms with Crippen LogP contribution in [0.15, 0.2) is 12.4 Å². The number of halogens is 1. The maximum atomic E-state index is 9.09. The summed E-state index contributed by atoms with van der Waals surface area (Å²) in [5.41, 5.74) is 3.58. The minimum absolute atomic E-state index is 0.268. The molecule has 2 heterocycles. The first kappa shape index (κ1) is 11.0. The van der Waals surface area contributed by atoms with Crippen LogP contribution in [0.3, 0.4) is 0 Å². The monoisotopic (exact) mass is 233 g/mol. The second-order valence-electron chi connectivity index (χ2n) is 4.13. The largest absolute Gasteiger partial charge is 0.239 e. The van der Waals surface area contributed by atoms with E-state index in [4.69, 9.17) is 16.9 Å². The zero-order valence-corrected chi connectivity index (χ0v) is 10.2. The van der Waals surface area contributed by atoms with E-state index in [1.165, 1.54) is 0 Å². The Hall–Kier alpha value is -1.53. The van der Waals surface area contributed by atoms with E-state index in [1.807, 2.05) is 6.92 Å². The van der Waals surface area contributed by atoms with Gasteiger partial charge in [-0.3, -0.25) is 0 Å². The third-order valence-electron chi connectivity index (χ3n) is 2.73. The Kier molecular flexibility index (Phi) is 2.61. The number of nitriles is 1. The van der Waals surface area contributed by atoms with Crippen LogP contribution in [-0.4, -0.2) is 9.61 Å². The minimum atomic E-state index is 0.268. The van der Waals surface area contributed by atoms with Gasteiger partial charge in [-0.1, -0.05) is 25.4 Å². The molecule has 0 spiro atoms. The highest BCUT2D eigenvalue weighted by molar-refractivity contribution is 6.32. The Balaban J connectivity index is 2.94. The van der Waals surface area contributed by atoms with Crippen LogP contribution in [0.25, 0.3) is 5.52 Å². The Morgan fingerprint density at radius 1 is 1.50 bits per heavy atom. The van der Waals surface area contributed by atoms with Gasteiger partial charge in [0.1, 0.15) is 6.07 Å². The number of hydrogen-bond donors (Lipinski definition) is 0. The molecule has 16 heavy (non-hydrogen) atoms. The Bertz CT molecular complexity index is 590. The van der Waals surface area contributed by atoms with Gasteiger partial charge in [0.2, 0.25) is 0 Å². The lowest BCUT2D eigenvalue weighted by molar-refractivity contribution is 0.834. The fraction of sp³-hybridized carbons (Fsp3) is 0.333. The van der Waals surface area contributed by atoms with Crippen molar-refractivity contribution in [3.8, 4) is 6.07 Å². The third-order valence-corrected chi connectivity index (χ3v) is 3.11. The number of hydrogen-bond acceptors (Lipinski definition) is 2. The Morgan fingerprint density at radius 3 is 2.75 bits per heavy atom. The minimum Gasteiger partial charge on any atom is -0.239 e. The highest BCUT2D eigenvalue weighted by atomic mass is 35.5. The maximum Gasteiger partial charge on any atom is 0.101 e. The summed E-state index contributed by atoms with van der Waals surface area (Å²) in [4.78, 5) is 0. The zero-order valence-electron chi connectivity index (χ0n) is 9.45. The van der Waals surface area contributed by atoms with E-state index in [2.05, 4.69) is 25.0 Å². The number of aromatic nitrogens is 2. The standard InChI is InChI=1S/C12H12ClN3/c1-7(2)11-9(4-14)5-15-16-6-10(13)8(3)12(11)16/h5-7H,1-3H3. The molecule has 0 unspecified atom stereocenters. The van der Waals surface area contributed by atoms with Crippen molar-refractivity contribution < 1.29 is 0 Å². The molecule has 0 atom stereocenters. The predicted octanol–water partition coefficient (Wildman–Crippen LogP) is 3.29. The highest BCUT2D eigenvalue weighted by Crippen LogP contribution is 2.30. The lowest BCUT2D eigenvalue weighted by Gasteiger charge is -2.10. The summed E-state index contributed by atoms with van der Waals surface area (Å²) in [6.07, 6.45) is 3.37.